The lowest BCUT2D eigenvalue weighted by molar-refractivity contribution is -0.145. The van der Waals surface area contributed by atoms with Crippen molar-refractivity contribution in [3.63, 3.8) is 0 Å². The van der Waals surface area contributed by atoms with Gasteiger partial charge in [0.25, 0.3) is 9.05 Å². The summed E-state index contributed by atoms with van der Waals surface area (Å²) >= 11 is 12.5. The molecule has 0 spiro atoms. The fourth-order valence-electron chi connectivity index (χ4n) is 2.98. The highest BCUT2D eigenvalue weighted by Crippen LogP contribution is 2.36. The van der Waals surface area contributed by atoms with Crippen molar-refractivity contribution in [1.29, 1.82) is 0 Å². The predicted octanol–water partition coefficient (Wildman–Crippen LogP) is 6.75. The molecule has 0 unspecified atom stereocenters. The topological polar surface area (TPSA) is 117 Å². The second-order valence-electron chi connectivity index (χ2n) is 7.77. The molecular weight excluding hydrogens is 605 g/mol. The zero-order valence-corrected chi connectivity index (χ0v) is 25.0. The molecule has 0 aliphatic heterocycles. The second kappa shape index (κ2) is 16.3. The quantitative estimate of drug-likeness (QED) is 0.106. The number of halogens is 3. The van der Waals surface area contributed by atoms with Crippen LogP contribution in [-0.4, -0.2) is 47.0 Å². The molecule has 0 aliphatic carbocycles. The summed E-state index contributed by atoms with van der Waals surface area (Å²) in [4.78, 5) is 23.1. The summed E-state index contributed by atoms with van der Waals surface area (Å²) in [6.45, 7) is 5.85. The Labute approximate surface area is 247 Å². The highest BCUT2D eigenvalue weighted by Gasteiger charge is 2.16. The third kappa shape index (κ3) is 10.5. The van der Waals surface area contributed by atoms with E-state index in [1.807, 2.05) is 19.9 Å². The van der Waals surface area contributed by atoms with Crippen LogP contribution in [0.1, 0.15) is 29.8 Å². The Morgan fingerprint density at radius 1 is 0.900 bits per heavy atom. The van der Waals surface area contributed by atoms with Gasteiger partial charge < -0.3 is 24.3 Å². The normalized spacial score (nSPS) is 10.7. The number of aryl methyl sites for hydroxylation is 1. The molecule has 0 amide bonds. The Morgan fingerprint density at radius 3 is 2.20 bits per heavy atom. The highest BCUT2D eigenvalue weighted by molar-refractivity contribution is 8.13. The zero-order chi connectivity index (χ0) is 29.7. The number of carbonyl (C=O) groups is 2. The molecular formula is C27H28Cl3NO8S. The molecule has 3 aromatic carbocycles. The molecule has 3 aromatic rings. The zero-order valence-electron chi connectivity index (χ0n) is 21.9. The summed E-state index contributed by atoms with van der Waals surface area (Å²) in [5, 5.41) is 4.10. The van der Waals surface area contributed by atoms with Crippen molar-refractivity contribution < 1.29 is 37.0 Å². The largest absolute Gasteiger partial charge is 0.482 e. The molecule has 0 fully saturated rings. The summed E-state index contributed by atoms with van der Waals surface area (Å²) in [6, 6.07) is 16.0. The van der Waals surface area contributed by atoms with Crippen LogP contribution in [0, 0.1) is 6.92 Å². The number of ether oxygens (including phenoxy) is 4. The van der Waals surface area contributed by atoms with Crippen LogP contribution >= 0.6 is 33.9 Å². The number of anilines is 2. The average Bonchev–Trinajstić information content (AvgIpc) is 2.92. The van der Waals surface area contributed by atoms with E-state index in [4.69, 9.17) is 48.1 Å². The number of hydrogen-bond acceptors (Lipinski definition) is 9. The number of esters is 2. The minimum Gasteiger partial charge on any atom is -0.482 e. The Kier molecular flexibility index (Phi) is 13.5. The number of hydrogen-bond donors (Lipinski definition) is 1. The Bertz CT molecular complexity index is 1400. The van der Waals surface area contributed by atoms with Gasteiger partial charge in [0, 0.05) is 17.3 Å². The van der Waals surface area contributed by atoms with Crippen LogP contribution in [0.5, 0.6) is 5.75 Å². The molecule has 0 aromatic heterocycles. The van der Waals surface area contributed by atoms with E-state index >= 15 is 0 Å². The minimum atomic E-state index is -3.73. The standard InChI is InChI=1S/C17H17Cl2NO3.C10H11ClO5S/c1-3-22-10-23-17(21)12-6-4-5-7-14(12)20-16-13(18)9-8-11(2)15(16)19;1-2-15-10(12)7-16-8-3-5-9(6-4-8)17(11,13)14/h4-9,20H,3,10H2,1-2H3;3-6H,2,7H2,1H3. The van der Waals surface area contributed by atoms with Gasteiger partial charge in [0.1, 0.15) is 5.75 Å². The van der Waals surface area contributed by atoms with E-state index in [0.29, 0.717) is 39.3 Å². The van der Waals surface area contributed by atoms with Crippen molar-refractivity contribution in [3.8, 4) is 5.75 Å². The Morgan fingerprint density at radius 2 is 1.57 bits per heavy atom. The Hall–Kier alpha value is -3.02. The molecule has 0 atom stereocenters. The van der Waals surface area contributed by atoms with E-state index in [9.17, 15) is 18.0 Å². The van der Waals surface area contributed by atoms with Gasteiger partial charge in [-0.05, 0) is 68.8 Å². The molecule has 1 N–H and O–H groups in total. The number of para-hydroxylation sites is 1. The van der Waals surface area contributed by atoms with E-state index < -0.39 is 21.0 Å². The van der Waals surface area contributed by atoms with Crippen LogP contribution in [0.4, 0.5) is 11.4 Å². The smallest absolute Gasteiger partial charge is 0.344 e. The lowest BCUT2D eigenvalue weighted by atomic mass is 10.1. The van der Waals surface area contributed by atoms with Gasteiger partial charge >= 0.3 is 11.9 Å². The van der Waals surface area contributed by atoms with Crippen LogP contribution in [0.15, 0.2) is 65.6 Å². The van der Waals surface area contributed by atoms with Gasteiger partial charge in [-0.2, -0.15) is 0 Å². The number of nitrogens with one attached hydrogen (secondary N) is 1. The monoisotopic (exact) mass is 631 g/mol. The lowest BCUT2D eigenvalue weighted by Gasteiger charge is -2.15. The summed E-state index contributed by atoms with van der Waals surface area (Å²) in [5.41, 5.74) is 2.37. The van der Waals surface area contributed by atoms with Crippen LogP contribution in [-0.2, 0) is 28.1 Å². The number of benzene rings is 3. The molecule has 0 heterocycles. The van der Waals surface area contributed by atoms with Crippen molar-refractivity contribution in [2.45, 2.75) is 25.7 Å². The van der Waals surface area contributed by atoms with Crippen LogP contribution < -0.4 is 10.1 Å². The number of rotatable bonds is 11. The fourth-order valence-corrected chi connectivity index (χ4v) is 4.21. The Balaban J connectivity index is 0.000000294. The SMILES string of the molecule is CCOC(=O)COc1ccc(S(=O)(=O)Cl)cc1.CCOCOC(=O)c1ccccc1Nc1c(Cl)ccc(C)c1Cl. The van der Waals surface area contributed by atoms with E-state index in [1.165, 1.54) is 24.3 Å². The van der Waals surface area contributed by atoms with Crippen molar-refractivity contribution in [3.05, 3.63) is 81.8 Å². The summed E-state index contributed by atoms with van der Waals surface area (Å²) in [5.74, 6) is -0.606. The minimum absolute atomic E-state index is 0.0253. The average molecular weight is 633 g/mol. The molecule has 13 heteroatoms. The van der Waals surface area contributed by atoms with Gasteiger partial charge in [0.15, 0.2) is 13.4 Å². The van der Waals surface area contributed by atoms with Gasteiger partial charge in [-0.25, -0.2) is 18.0 Å². The molecule has 0 saturated heterocycles. The van der Waals surface area contributed by atoms with E-state index in [2.05, 4.69) is 10.1 Å². The highest BCUT2D eigenvalue weighted by atomic mass is 35.7. The van der Waals surface area contributed by atoms with Crippen LogP contribution in [0.3, 0.4) is 0 Å². The van der Waals surface area contributed by atoms with Crippen molar-refractivity contribution in [1.82, 2.24) is 0 Å². The summed E-state index contributed by atoms with van der Waals surface area (Å²) in [6.07, 6.45) is 0. The number of carbonyl (C=O) groups excluding carboxylic acids is 2. The first kappa shape index (κ1) is 33.2. The maximum atomic E-state index is 12.2. The maximum Gasteiger partial charge on any atom is 0.344 e. The van der Waals surface area contributed by atoms with Gasteiger partial charge in [0.2, 0.25) is 0 Å². The van der Waals surface area contributed by atoms with Gasteiger partial charge in [0.05, 0.1) is 38.5 Å². The first-order chi connectivity index (χ1) is 19.0. The van der Waals surface area contributed by atoms with Gasteiger partial charge in [-0.15, -0.1) is 0 Å². The lowest BCUT2D eigenvalue weighted by Crippen LogP contribution is -2.14. The van der Waals surface area contributed by atoms with Crippen LogP contribution in [0.2, 0.25) is 10.0 Å². The molecule has 0 bridgehead atoms. The van der Waals surface area contributed by atoms with Crippen LogP contribution in [0.25, 0.3) is 0 Å². The molecule has 9 nitrogen and oxygen atoms in total. The predicted molar refractivity (Wildman–Crippen MR) is 154 cm³/mol. The molecule has 0 saturated carbocycles. The third-order valence-electron chi connectivity index (χ3n) is 4.94. The molecule has 40 heavy (non-hydrogen) atoms. The van der Waals surface area contributed by atoms with Crippen molar-refractivity contribution in [2.24, 2.45) is 0 Å². The second-order valence-corrected chi connectivity index (χ2v) is 11.1. The fraction of sp³-hybridized carbons (Fsp3) is 0.259. The molecule has 0 aliphatic rings. The molecule has 3 rings (SSSR count). The van der Waals surface area contributed by atoms with Crippen molar-refractivity contribution >= 4 is 66.2 Å². The van der Waals surface area contributed by atoms with Gasteiger partial charge in [-0.3, -0.25) is 0 Å². The van der Waals surface area contributed by atoms with Gasteiger partial charge in [-0.1, -0.05) is 41.4 Å². The first-order valence-corrected chi connectivity index (χ1v) is 14.9. The van der Waals surface area contributed by atoms with E-state index in [-0.39, 0.29) is 24.9 Å². The molecule has 0 radical (unpaired) electrons. The summed E-state index contributed by atoms with van der Waals surface area (Å²) in [7, 11) is 1.40. The molecule has 216 valence electrons. The van der Waals surface area contributed by atoms with E-state index in [0.717, 1.165) is 5.56 Å². The van der Waals surface area contributed by atoms with Crippen molar-refractivity contribution in [2.75, 3.05) is 31.9 Å². The van der Waals surface area contributed by atoms with E-state index in [1.54, 1.807) is 37.3 Å². The third-order valence-corrected chi connectivity index (χ3v) is 7.11. The summed E-state index contributed by atoms with van der Waals surface area (Å²) < 4.78 is 41.7. The maximum absolute atomic E-state index is 12.2. The first-order valence-electron chi connectivity index (χ1n) is 11.9.